The van der Waals surface area contributed by atoms with E-state index in [0.29, 0.717) is 12.1 Å². The van der Waals surface area contributed by atoms with E-state index < -0.39 is 44.1 Å². The number of nitrogens with one attached hydrogen (secondary N) is 1. The summed E-state index contributed by atoms with van der Waals surface area (Å²) in [7, 11) is -3.35. The normalized spacial score (nSPS) is 14.9. The largest absolute Gasteiger partial charge is 0.495 e. The summed E-state index contributed by atoms with van der Waals surface area (Å²) in [6.07, 6.45) is -1.29. The van der Waals surface area contributed by atoms with E-state index >= 15 is 0 Å². The molecule has 0 heterocycles. The molecule has 1 saturated carbocycles. The van der Waals surface area contributed by atoms with Crippen LogP contribution in [0.1, 0.15) is 31.2 Å². The van der Waals surface area contributed by atoms with Crippen molar-refractivity contribution in [3.63, 3.8) is 0 Å². The van der Waals surface area contributed by atoms with E-state index in [1.165, 1.54) is 25.3 Å². The van der Waals surface area contributed by atoms with Gasteiger partial charge in [0, 0.05) is 6.04 Å². The topological polar surface area (TPSA) is 75.7 Å². The van der Waals surface area contributed by atoms with E-state index in [4.69, 9.17) is 16.3 Å². The zero-order valence-electron chi connectivity index (χ0n) is 17.2. The zero-order valence-corrected chi connectivity index (χ0v) is 18.7. The van der Waals surface area contributed by atoms with E-state index in [1.807, 2.05) is 0 Å². The van der Waals surface area contributed by atoms with Crippen LogP contribution in [0, 0.1) is 0 Å². The minimum absolute atomic E-state index is 0.00468. The summed E-state index contributed by atoms with van der Waals surface area (Å²) in [6, 6.07) is 7.99. The van der Waals surface area contributed by atoms with E-state index in [2.05, 4.69) is 5.32 Å². The molecule has 174 valence electrons. The van der Waals surface area contributed by atoms with Gasteiger partial charge in [-0.3, -0.25) is 9.10 Å². The molecule has 2 aromatic rings. The molecule has 0 spiro atoms. The number of nitrogens with zero attached hydrogens (tertiary/aromatic N) is 1. The number of sulfonamides is 1. The number of hydrogen-bond donors (Lipinski definition) is 1. The smallest absolute Gasteiger partial charge is 0.416 e. The lowest BCUT2D eigenvalue weighted by Crippen LogP contribution is -2.44. The second-order valence-corrected chi connectivity index (χ2v) is 9.61. The molecule has 1 aliphatic rings. The molecule has 1 fully saturated rings. The van der Waals surface area contributed by atoms with Crippen molar-refractivity contribution < 1.29 is 31.1 Å². The van der Waals surface area contributed by atoms with Crippen LogP contribution in [0.25, 0.3) is 0 Å². The Bertz CT molecular complexity index is 1090. The van der Waals surface area contributed by atoms with Crippen LogP contribution in [0.5, 0.6) is 5.75 Å². The summed E-state index contributed by atoms with van der Waals surface area (Å²) in [4.78, 5) is 11.9. The molecule has 0 aliphatic heterocycles. The summed E-state index contributed by atoms with van der Waals surface area (Å²) in [5.74, 6) is -0.442. The van der Waals surface area contributed by atoms with Gasteiger partial charge in [0.15, 0.2) is 0 Å². The van der Waals surface area contributed by atoms with Crippen LogP contribution in [0.3, 0.4) is 0 Å². The number of benzene rings is 2. The van der Waals surface area contributed by atoms with Gasteiger partial charge in [-0.25, -0.2) is 8.42 Å². The maximum absolute atomic E-state index is 13.5. The van der Waals surface area contributed by atoms with Crippen LogP contribution >= 0.6 is 11.6 Å². The van der Waals surface area contributed by atoms with Gasteiger partial charge in [-0.05, 0) is 43.2 Å². The summed E-state index contributed by atoms with van der Waals surface area (Å²) in [5, 5.41) is 2.40. The Morgan fingerprint density at radius 2 is 1.84 bits per heavy atom. The molecule has 0 unspecified atom stereocenters. The minimum atomic E-state index is -4.77. The molecule has 6 nitrogen and oxygen atoms in total. The predicted octanol–water partition coefficient (Wildman–Crippen LogP) is 4.62. The van der Waals surface area contributed by atoms with Crippen LogP contribution in [-0.4, -0.2) is 34.0 Å². The zero-order chi connectivity index (χ0) is 23.5. The Hall–Kier alpha value is -2.46. The first-order valence-corrected chi connectivity index (χ1v) is 11.7. The molecule has 11 heteroatoms. The van der Waals surface area contributed by atoms with Crippen molar-refractivity contribution in [3.05, 3.63) is 53.1 Å². The number of halogens is 4. The Morgan fingerprint density at radius 1 is 1.19 bits per heavy atom. The highest BCUT2D eigenvalue weighted by Crippen LogP contribution is 2.37. The van der Waals surface area contributed by atoms with Gasteiger partial charge in [-0.2, -0.15) is 13.2 Å². The average Bonchev–Trinajstić information content (AvgIpc) is 3.24. The molecule has 2 aromatic carbocycles. The first-order chi connectivity index (χ1) is 15.0. The van der Waals surface area contributed by atoms with Crippen molar-refractivity contribution in [2.24, 2.45) is 0 Å². The number of para-hydroxylation sites is 2. The van der Waals surface area contributed by atoms with E-state index in [1.54, 1.807) is 6.07 Å². The average molecular weight is 491 g/mol. The van der Waals surface area contributed by atoms with Crippen LogP contribution < -0.4 is 14.4 Å². The summed E-state index contributed by atoms with van der Waals surface area (Å²) >= 11 is 6.01. The lowest BCUT2D eigenvalue weighted by atomic mass is 10.2. The standard InChI is InChI=1S/C21H22ClF3N2O4S/c1-31-18-9-5-4-8-17(18)27(13-20(28)26-15-6-2-3-7-15)32(29,30)19-12-14(21(23,24)25)10-11-16(19)22/h4-5,8-12,15H,2-3,6-7,13H2,1H3,(H,26,28). The lowest BCUT2D eigenvalue weighted by molar-refractivity contribution is -0.137. The number of methoxy groups -OCH3 is 1. The molecule has 0 radical (unpaired) electrons. The summed E-state index contributed by atoms with van der Waals surface area (Å²) in [6.45, 7) is -0.647. The van der Waals surface area contributed by atoms with Gasteiger partial charge in [-0.15, -0.1) is 0 Å². The Labute approximate surface area is 189 Å². The number of rotatable bonds is 7. The maximum Gasteiger partial charge on any atom is 0.416 e. The summed E-state index contributed by atoms with van der Waals surface area (Å²) < 4.78 is 72.7. The highest BCUT2D eigenvalue weighted by molar-refractivity contribution is 7.93. The quantitative estimate of drug-likeness (QED) is 0.614. The molecule has 0 aromatic heterocycles. The first-order valence-electron chi connectivity index (χ1n) is 9.86. The van der Waals surface area contributed by atoms with Crippen molar-refractivity contribution in [2.75, 3.05) is 18.0 Å². The molecule has 1 amide bonds. The molecule has 32 heavy (non-hydrogen) atoms. The highest BCUT2D eigenvalue weighted by atomic mass is 35.5. The van der Waals surface area contributed by atoms with Crippen molar-refractivity contribution in [2.45, 2.75) is 42.8 Å². The van der Waals surface area contributed by atoms with Crippen molar-refractivity contribution in [1.29, 1.82) is 0 Å². The SMILES string of the molecule is COc1ccccc1N(CC(=O)NC1CCCC1)S(=O)(=O)c1cc(C(F)(F)F)ccc1Cl. The van der Waals surface area contributed by atoms with Gasteiger partial charge in [0.1, 0.15) is 17.2 Å². The Kier molecular flexibility index (Phi) is 7.24. The minimum Gasteiger partial charge on any atom is -0.495 e. The predicted molar refractivity (Wildman–Crippen MR) is 114 cm³/mol. The van der Waals surface area contributed by atoms with Crippen molar-refractivity contribution in [1.82, 2.24) is 5.32 Å². The maximum atomic E-state index is 13.5. The molecule has 0 atom stereocenters. The van der Waals surface area contributed by atoms with Gasteiger partial charge in [0.25, 0.3) is 10.0 Å². The molecular formula is C21H22ClF3N2O4S. The Balaban J connectivity index is 2.06. The third-order valence-electron chi connectivity index (χ3n) is 5.19. The number of ether oxygens (including phenoxy) is 1. The van der Waals surface area contributed by atoms with Gasteiger partial charge < -0.3 is 10.1 Å². The Morgan fingerprint density at radius 3 is 2.47 bits per heavy atom. The molecule has 3 rings (SSSR count). The molecule has 1 aliphatic carbocycles. The van der Waals surface area contributed by atoms with Crippen LogP contribution in [0.15, 0.2) is 47.4 Å². The van der Waals surface area contributed by atoms with Gasteiger partial charge >= 0.3 is 6.18 Å². The monoisotopic (exact) mass is 490 g/mol. The number of carbonyl (C=O) groups excluding carboxylic acids is 1. The van der Waals surface area contributed by atoms with E-state index in [0.717, 1.165) is 36.1 Å². The fourth-order valence-electron chi connectivity index (χ4n) is 3.61. The molecule has 0 saturated heterocycles. The second kappa shape index (κ2) is 9.58. The van der Waals surface area contributed by atoms with Gasteiger partial charge in [0.05, 0.1) is 23.4 Å². The third-order valence-corrected chi connectivity index (χ3v) is 7.43. The van der Waals surface area contributed by atoms with Crippen molar-refractivity contribution >= 4 is 33.2 Å². The fourth-order valence-corrected chi connectivity index (χ4v) is 5.54. The molecule has 0 bridgehead atoms. The lowest BCUT2D eigenvalue weighted by Gasteiger charge is -2.27. The van der Waals surface area contributed by atoms with Gasteiger partial charge in [0.2, 0.25) is 5.91 Å². The van der Waals surface area contributed by atoms with E-state index in [9.17, 15) is 26.4 Å². The van der Waals surface area contributed by atoms with Crippen LogP contribution in [0.2, 0.25) is 5.02 Å². The number of hydrogen-bond acceptors (Lipinski definition) is 4. The van der Waals surface area contributed by atoms with Crippen LogP contribution in [0.4, 0.5) is 18.9 Å². The number of alkyl halides is 3. The van der Waals surface area contributed by atoms with Crippen molar-refractivity contribution in [3.8, 4) is 5.75 Å². The fraction of sp³-hybridized carbons (Fsp3) is 0.381. The van der Waals surface area contributed by atoms with E-state index in [-0.39, 0.29) is 17.5 Å². The number of anilines is 1. The number of carbonyl (C=O) groups is 1. The van der Waals surface area contributed by atoms with Crippen LogP contribution in [-0.2, 0) is 21.0 Å². The second-order valence-electron chi connectivity index (χ2n) is 7.38. The third kappa shape index (κ3) is 5.29. The highest BCUT2D eigenvalue weighted by Gasteiger charge is 2.36. The summed E-state index contributed by atoms with van der Waals surface area (Å²) in [5.41, 5.74) is -1.17. The first kappa shape index (κ1) is 24.2. The molecular weight excluding hydrogens is 469 g/mol. The van der Waals surface area contributed by atoms with Gasteiger partial charge in [-0.1, -0.05) is 36.6 Å². The number of amides is 1. The molecule has 1 N–H and O–H groups in total.